The van der Waals surface area contributed by atoms with Crippen LogP contribution < -0.4 is 10.1 Å². The minimum absolute atomic E-state index is 0.0325. The van der Waals surface area contributed by atoms with E-state index in [-0.39, 0.29) is 29.3 Å². The van der Waals surface area contributed by atoms with Crippen molar-refractivity contribution >= 4 is 21.6 Å². The average molecular weight is 394 g/mol. The zero-order chi connectivity index (χ0) is 19.4. The van der Waals surface area contributed by atoms with E-state index >= 15 is 0 Å². The molecule has 7 nitrogen and oxygen atoms in total. The first kappa shape index (κ1) is 19.3. The average Bonchev–Trinajstić information content (AvgIpc) is 2.68. The number of carbonyl (C=O) groups excluding carboxylic acids is 1. The summed E-state index contributed by atoms with van der Waals surface area (Å²) in [5, 5.41) is 2.58. The van der Waals surface area contributed by atoms with E-state index in [0.29, 0.717) is 18.9 Å². The first-order chi connectivity index (χ1) is 12.9. The molecule has 1 heterocycles. The summed E-state index contributed by atoms with van der Waals surface area (Å²) >= 11 is 0. The summed E-state index contributed by atoms with van der Waals surface area (Å²) in [4.78, 5) is 12.4. The third kappa shape index (κ3) is 4.26. The number of benzene rings is 2. The first-order valence-corrected chi connectivity index (χ1v) is 9.68. The van der Waals surface area contributed by atoms with E-state index in [2.05, 4.69) is 5.32 Å². The van der Waals surface area contributed by atoms with Gasteiger partial charge in [-0.15, -0.1) is 0 Å². The monoisotopic (exact) mass is 394 g/mol. The number of carbonyl (C=O) groups is 1. The van der Waals surface area contributed by atoms with Gasteiger partial charge < -0.3 is 14.8 Å². The second-order valence-electron chi connectivity index (χ2n) is 5.85. The molecule has 144 valence electrons. The van der Waals surface area contributed by atoms with Gasteiger partial charge in [0.05, 0.1) is 25.2 Å². The molecule has 0 aliphatic carbocycles. The van der Waals surface area contributed by atoms with Crippen LogP contribution >= 0.6 is 0 Å². The Morgan fingerprint density at radius 3 is 2.59 bits per heavy atom. The van der Waals surface area contributed by atoms with Gasteiger partial charge in [-0.2, -0.15) is 4.31 Å². The van der Waals surface area contributed by atoms with Crippen molar-refractivity contribution in [3.05, 3.63) is 53.8 Å². The van der Waals surface area contributed by atoms with E-state index < -0.39 is 21.7 Å². The van der Waals surface area contributed by atoms with Crippen LogP contribution in [-0.4, -0.2) is 52.0 Å². The molecule has 9 heteroatoms. The molecule has 1 saturated heterocycles. The zero-order valence-electron chi connectivity index (χ0n) is 14.6. The highest BCUT2D eigenvalue weighted by molar-refractivity contribution is 7.89. The van der Waals surface area contributed by atoms with Crippen LogP contribution in [0, 0.1) is 5.82 Å². The van der Waals surface area contributed by atoms with Crippen LogP contribution in [0.4, 0.5) is 10.1 Å². The van der Waals surface area contributed by atoms with Crippen molar-refractivity contribution in [1.29, 1.82) is 0 Å². The maximum atomic E-state index is 13.8. The fourth-order valence-electron chi connectivity index (χ4n) is 2.68. The highest BCUT2D eigenvalue weighted by atomic mass is 32.2. The Balaban J connectivity index is 1.79. The summed E-state index contributed by atoms with van der Waals surface area (Å²) in [6, 6.07) is 9.78. The fraction of sp³-hybridized carbons (Fsp3) is 0.278. The van der Waals surface area contributed by atoms with Gasteiger partial charge in [0.2, 0.25) is 10.0 Å². The number of hydrogen-bond donors (Lipinski definition) is 1. The Bertz CT molecular complexity index is 943. The van der Waals surface area contributed by atoms with Crippen LogP contribution in [0.25, 0.3) is 0 Å². The molecule has 0 radical (unpaired) electrons. The van der Waals surface area contributed by atoms with Gasteiger partial charge in [-0.05, 0) is 36.4 Å². The summed E-state index contributed by atoms with van der Waals surface area (Å²) in [6.07, 6.45) is 0. The highest BCUT2D eigenvalue weighted by Gasteiger charge is 2.26. The molecule has 0 aromatic heterocycles. The lowest BCUT2D eigenvalue weighted by molar-refractivity contribution is 0.0730. The van der Waals surface area contributed by atoms with Gasteiger partial charge >= 0.3 is 0 Å². The number of rotatable bonds is 5. The molecular formula is C18H19FN2O5S. The number of anilines is 1. The van der Waals surface area contributed by atoms with E-state index in [1.54, 1.807) is 6.07 Å². The molecule has 2 aromatic carbocycles. The molecule has 1 aliphatic rings. The quantitative estimate of drug-likeness (QED) is 0.840. The maximum absolute atomic E-state index is 13.8. The summed E-state index contributed by atoms with van der Waals surface area (Å²) in [7, 11) is -2.34. The van der Waals surface area contributed by atoms with Crippen molar-refractivity contribution in [3.63, 3.8) is 0 Å². The van der Waals surface area contributed by atoms with E-state index in [0.717, 1.165) is 6.07 Å². The first-order valence-electron chi connectivity index (χ1n) is 8.24. The molecule has 2 aromatic rings. The molecule has 1 amide bonds. The summed E-state index contributed by atoms with van der Waals surface area (Å²) in [5.74, 6) is -1.18. The number of nitrogens with one attached hydrogen (secondary N) is 1. The van der Waals surface area contributed by atoms with Crippen molar-refractivity contribution in [2.24, 2.45) is 0 Å². The summed E-state index contributed by atoms with van der Waals surface area (Å²) < 4.78 is 50.5. The third-order valence-electron chi connectivity index (χ3n) is 4.11. The number of nitrogens with zero attached hydrogens (tertiary/aromatic N) is 1. The zero-order valence-corrected chi connectivity index (χ0v) is 15.5. The third-order valence-corrected chi connectivity index (χ3v) is 6.01. The largest absolute Gasteiger partial charge is 0.494 e. The number of ether oxygens (including phenoxy) is 2. The smallest absolute Gasteiger partial charge is 0.255 e. The normalized spacial score (nSPS) is 15.3. The lowest BCUT2D eigenvalue weighted by Crippen LogP contribution is -2.40. The van der Waals surface area contributed by atoms with Crippen molar-refractivity contribution < 1.29 is 27.1 Å². The van der Waals surface area contributed by atoms with Gasteiger partial charge in [-0.1, -0.05) is 6.07 Å². The number of sulfonamides is 1. The van der Waals surface area contributed by atoms with Crippen LogP contribution in [0.3, 0.4) is 0 Å². The van der Waals surface area contributed by atoms with Gasteiger partial charge in [0, 0.05) is 24.3 Å². The van der Waals surface area contributed by atoms with Crippen molar-refractivity contribution in [3.8, 4) is 5.75 Å². The highest BCUT2D eigenvalue weighted by Crippen LogP contribution is 2.22. The van der Waals surface area contributed by atoms with Crippen LogP contribution in [0.2, 0.25) is 0 Å². The molecule has 0 atom stereocenters. The Morgan fingerprint density at radius 2 is 1.93 bits per heavy atom. The lowest BCUT2D eigenvalue weighted by Gasteiger charge is -2.26. The minimum Gasteiger partial charge on any atom is -0.494 e. The maximum Gasteiger partial charge on any atom is 0.255 e. The van der Waals surface area contributed by atoms with E-state index in [1.807, 2.05) is 0 Å². The second-order valence-corrected chi connectivity index (χ2v) is 7.79. The molecule has 1 fully saturated rings. The molecule has 0 spiro atoms. The molecule has 0 saturated carbocycles. The SMILES string of the molecule is COc1ccc(C(=O)Nc2cccc(S(=O)(=O)N3CCOCC3)c2)cc1F. The molecule has 3 rings (SSSR count). The number of halogens is 1. The van der Waals surface area contributed by atoms with E-state index in [1.165, 1.54) is 41.7 Å². The van der Waals surface area contributed by atoms with Crippen molar-refractivity contribution in [2.45, 2.75) is 4.90 Å². The van der Waals surface area contributed by atoms with E-state index in [9.17, 15) is 17.6 Å². The molecule has 27 heavy (non-hydrogen) atoms. The van der Waals surface area contributed by atoms with Crippen LogP contribution in [0.15, 0.2) is 47.4 Å². The predicted octanol–water partition coefficient (Wildman–Crippen LogP) is 2.11. The fourth-order valence-corrected chi connectivity index (χ4v) is 4.14. The number of methoxy groups -OCH3 is 1. The van der Waals surface area contributed by atoms with Gasteiger partial charge in [-0.25, -0.2) is 12.8 Å². The topological polar surface area (TPSA) is 84.9 Å². The van der Waals surface area contributed by atoms with Crippen molar-refractivity contribution in [1.82, 2.24) is 4.31 Å². The van der Waals surface area contributed by atoms with Crippen LogP contribution in [0.1, 0.15) is 10.4 Å². The molecule has 0 bridgehead atoms. The summed E-state index contributed by atoms with van der Waals surface area (Å²) in [6.45, 7) is 1.26. The molecule has 0 unspecified atom stereocenters. The Labute approximate surface area is 156 Å². The Kier molecular flexibility index (Phi) is 5.73. The number of morpholine rings is 1. The standard InChI is InChI=1S/C18H19FN2O5S/c1-25-17-6-5-13(11-16(17)19)18(22)20-14-3-2-4-15(12-14)27(23,24)21-7-9-26-10-8-21/h2-6,11-12H,7-10H2,1H3,(H,20,22). The van der Waals surface area contributed by atoms with Crippen LogP contribution in [0.5, 0.6) is 5.75 Å². The second kappa shape index (κ2) is 8.03. The minimum atomic E-state index is -3.68. The Morgan fingerprint density at radius 1 is 1.19 bits per heavy atom. The summed E-state index contributed by atoms with van der Waals surface area (Å²) in [5.41, 5.74) is 0.389. The Hall–Kier alpha value is -2.49. The van der Waals surface area contributed by atoms with Crippen LogP contribution in [-0.2, 0) is 14.8 Å². The predicted molar refractivity (Wildman–Crippen MR) is 96.9 cm³/mol. The molecule has 1 aliphatic heterocycles. The van der Waals surface area contributed by atoms with E-state index in [4.69, 9.17) is 9.47 Å². The number of hydrogen-bond acceptors (Lipinski definition) is 5. The number of amides is 1. The van der Waals surface area contributed by atoms with Gasteiger partial charge in [0.1, 0.15) is 0 Å². The van der Waals surface area contributed by atoms with Crippen molar-refractivity contribution in [2.75, 3.05) is 38.7 Å². The van der Waals surface area contributed by atoms with Gasteiger partial charge in [0.25, 0.3) is 5.91 Å². The molecular weight excluding hydrogens is 375 g/mol. The van der Waals surface area contributed by atoms with Gasteiger partial charge in [0.15, 0.2) is 11.6 Å². The molecule has 1 N–H and O–H groups in total. The van der Waals surface area contributed by atoms with Gasteiger partial charge in [-0.3, -0.25) is 4.79 Å². The lowest BCUT2D eigenvalue weighted by atomic mass is 10.2.